The molecule has 5 rings (SSSR count). The van der Waals surface area contributed by atoms with E-state index in [-0.39, 0.29) is 36.6 Å². The van der Waals surface area contributed by atoms with Crippen molar-refractivity contribution in [2.45, 2.75) is 0 Å². The molecule has 0 aromatic heterocycles. The first kappa shape index (κ1) is 26.7. The molecule has 10 heteroatoms. The number of nitrogens with zero attached hydrogens (tertiary/aromatic N) is 2. The van der Waals surface area contributed by atoms with Crippen LogP contribution in [0.5, 0.6) is 0 Å². The molecule has 0 fully saturated rings. The van der Waals surface area contributed by atoms with Crippen LogP contribution in [0, 0.1) is 0 Å². The molecule has 186 valence electrons. The highest BCUT2D eigenvalue weighted by Gasteiger charge is 2.13. The van der Waals surface area contributed by atoms with Crippen LogP contribution in [0.1, 0.15) is 31.8 Å². The minimum Gasteiger partial charge on any atom is -0.368 e. The molecule has 0 saturated heterocycles. The van der Waals surface area contributed by atoms with E-state index < -0.39 is 0 Å². The van der Waals surface area contributed by atoms with Crippen molar-refractivity contribution in [2.75, 3.05) is 36.8 Å². The zero-order chi connectivity index (χ0) is 23.3. The van der Waals surface area contributed by atoms with Gasteiger partial charge in [0.05, 0.1) is 13.1 Å². The van der Waals surface area contributed by atoms with Gasteiger partial charge in [0.2, 0.25) is 0 Å². The van der Waals surface area contributed by atoms with Crippen molar-refractivity contribution in [2.24, 2.45) is 9.98 Å². The molecule has 2 aliphatic heterocycles. The summed E-state index contributed by atoms with van der Waals surface area (Å²) in [5.74, 6) is 1.23. The number of benzene rings is 3. The number of aliphatic imine (C=N–C) groups is 2. The standard InChI is InChI=1S/C26H24N6O2.2ClH/c33-25(19-6-4-17(5-7-19)23-27-12-13-28-23)32-22-3-1-2-20(16-22)26(34)31-21-10-8-18(9-11-21)24-29-14-15-30-24;;/h1-11,16H,12-15H2,(H,27,28)(H,29,30)(H,31,34)(H,32,33);2*1H. The Morgan fingerprint density at radius 1 is 0.639 bits per heavy atom. The van der Waals surface area contributed by atoms with Gasteiger partial charge in [-0.05, 0) is 54.6 Å². The molecule has 4 N–H and O–H groups in total. The predicted molar refractivity (Wildman–Crippen MR) is 149 cm³/mol. The van der Waals surface area contributed by atoms with Gasteiger partial charge in [-0.1, -0.05) is 18.2 Å². The van der Waals surface area contributed by atoms with Crippen molar-refractivity contribution in [3.05, 3.63) is 95.1 Å². The lowest BCUT2D eigenvalue weighted by molar-refractivity contribution is 0.101. The summed E-state index contributed by atoms with van der Waals surface area (Å²) in [5.41, 5.74) is 4.14. The molecule has 36 heavy (non-hydrogen) atoms. The van der Waals surface area contributed by atoms with Crippen molar-refractivity contribution in [3.8, 4) is 0 Å². The van der Waals surface area contributed by atoms with Gasteiger partial charge in [-0.25, -0.2) is 0 Å². The Balaban J connectivity index is 0.00000180. The quantitative estimate of drug-likeness (QED) is 0.394. The van der Waals surface area contributed by atoms with Crippen LogP contribution in [0.25, 0.3) is 0 Å². The van der Waals surface area contributed by atoms with Gasteiger partial charge in [0.1, 0.15) is 11.7 Å². The Bertz CT molecular complexity index is 1290. The highest BCUT2D eigenvalue weighted by molar-refractivity contribution is 6.08. The van der Waals surface area contributed by atoms with E-state index in [1.54, 1.807) is 36.4 Å². The first-order valence-electron chi connectivity index (χ1n) is 11.2. The summed E-state index contributed by atoms with van der Waals surface area (Å²) < 4.78 is 0. The van der Waals surface area contributed by atoms with Gasteiger partial charge in [0, 0.05) is 46.7 Å². The summed E-state index contributed by atoms with van der Waals surface area (Å²) in [5, 5.41) is 12.2. The van der Waals surface area contributed by atoms with Crippen LogP contribution in [-0.2, 0) is 0 Å². The average Bonchev–Trinajstić information content (AvgIpc) is 3.60. The molecule has 2 amide bonds. The molecule has 3 aromatic rings. The molecule has 0 spiro atoms. The molecule has 0 unspecified atom stereocenters. The van der Waals surface area contributed by atoms with Crippen LogP contribution in [0.3, 0.4) is 0 Å². The fourth-order valence-electron chi connectivity index (χ4n) is 3.82. The van der Waals surface area contributed by atoms with Crippen molar-refractivity contribution in [1.29, 1.82) is 0 Å². The first-order valence-corrected chi connectivity index (χ1v) is 11.2. The summed E-state index contributed by atoms with van der Waals surface area (Å²) in [6, 6.07) is 21.7. The zero-order valence-electron chi connectivity index (χ0n) is 19.3. The van der Waals surface area contributed by atoms with E-state index in [9.17, 15) is 9.59 Å². The summed E-state index contributed by atoms with van der Waals surface area (Å²) in [6.45, 7) is 3.22. The number of carbonyl (C=O) groups excluding carboxylic acids is 2. The van der Waals surface area contributed by atoms with Gasteiger partial charge in [-0.3, -0.25) is 19.6 Å². The summed E-state index contributed by atoms with van der Waals surface area (Å²) in [4.78, 5) is 34.2. The second kappa shape index (κ2) is 12.2. The monoisotopic (exact) mass is 524 g/mol. The SMILES string of the molecule is Cl.Cl.O=C(Nc1cccc(C(=O)Nc2ccc(C3=NCCN3)cc2)c1)c1ccc(C2=NCCN2)cc1. The van der Waals surface area contributed by atoms with Crippen molar-refractivity contribution in [1.82, 2.24) is 10.6 Å². The van der Waals surface area contributed by atoms with Crippen LogP contribution in [0.4, 0.5) is 11.4 Å². The van der Waals surface area contributed by atoms with E-state index in [0.717, 1.165) is 49.0 Å². The maximum absolute atomic E-state index is 12.7. The van der Waals surface area contributed by atoms with Crippen LogP contribution < -0.4 is 21.3 Å². The fourth-order valence-corrected chi connectivity index (χ4v) is 3.82. The highest BCUT2D eigenvalue weighted by Crippen LogP contribution is 2.16. The van der Waals surface area contributed by atoms with Crippen LogP contribution in [0.15, 0.2) is 82.8 Å². The Hall–Kier alpha value is -3.88. The molecular weight excluding hydrogens is 499 g/mol. The minimum absolute atomic E-state index is 0. The highest BCUT2D eigenvalue weighted by atomic mass is 35.5. The number of halogens is 2. The Morgan fingerprint density at radius 2 is 1.17 bits per heavy atom. The van der Waals surface area contributed by atoms with E-state index in [0.29, 0.717) is 22.5 Å². The average molecular weight is 525 g/mol. The zero-order valence-corrected chi connectivity index (χ0v) is 20.9. The number of rotatable bonds is 6. The van der Waals surface area contributed by atoms with E-state index in [4.69, 9.17) is 0 Å². The molecule has 8 nitrogen and oxygen atoms in total. The van der Waals surface area contributed by atoms with Gasteiger partial charge in [-0.15, -0.1) is 24.8 Å². The maximum Gasteiger partial charge on any atom is 0.255 e. The lowest BCUT2D eigenvalue weighted by atomic mass is 10.1. The summed E-state index contributed by atoms with van der Waals surface area (Å²) in [6.07, 6.45) is 0. The van der Waals surface area contributed by atoms with Gasteiger partial charge in [0.15, 0.2) is 0 Å². The van der Waals surface area contributed by atoms with Crippen LogP contribution in [0.2, 0.25) is 0 Å². The van der Waals surface area contributed by atoms with Gasteiger partial charge in [-0.2, -0.15) is 0 Å². The molecule has 0 aliphatic carbocycles. The topological polar surface area (TPSA) is 107 Å². The second-order valence-corrected chi connectivity index (χ2v) is 7.96. The first-order chi connectivity index (χ1) is 16.7. The normalized spacial score (nSPS) is 13.7. The number of hydrogen-bond donors (Lipinski definition) is 4. The number of amidine groups is 2. The Morgan fingerprint density at radius 3 is 1.72 bits per heavy atom. The molecule has 3 aromatic carbocycles. The smallest absolute Gasteiger partial charge is 0.255 e. The summed E-state index contributed by atoms with van der Waals surface area (Å²) >= 11 is 0. The number of amides is 2. The van der Waals surface area contributed by atoms with Crippen molar-refractivity contribution >= 4 is 59.7 Å². The summed E-state index contributed by atoms with van der Waals surface area (Å²) in [7, 11) is 0. The minimum atomic E-state index is -0.255. The van der Waals surface area contributed by atoms with Crippen LogP contribution in [-0.4, -0.2) is 49.7 Å². The number of nitrogens with one attached hydrogen (secondary N) is 4. The predicted octanol–water partition coefficient (Wildman–Crippen LogP) is 3.73. The van der Waals surface area contributed by atoms with Gasteiger partial charge in [0.25, 0.3) is 11.8 Å². The maximum atomic E-state index is 12.7. The molecule has 2 aliphatic rings. The molecule has 0 bridgehead atoms. The van der Waals surface area contributed by atoms with E-state index >= 15 is 0 Å². The van der Waals surface area contributed by atoms with Crippen molar-refractivity contribution < 1.29 is 9.59 Å². The number of hydrogen-bond acceptors (Lipinski definition) is 6. The third-order valence-electron chi connectivity index (χ3n) is 5.57. The van der Waals surface area contributed by atoms with E-state index in [1.807, 2.05) is 36.4 Å². The van der Waals surface area contributed by atoms with E-state index in [2.05, 4.69) is 31.3 Å². The molecule has 0 saturated carbocycles. The third kappa shape index (κ3) is 6.21. The Kier molecular flexibility index (Phi) is 9.05. The fraction of sp³-hybridized carbons (Fsp3) is 0.154. The van der Waals surface area contributed by atoms with Crippen LogP contribution >= 0.6 is 24.8 Å². The third-order valence-corrected chi connectivity index (χ3v) is 5.57. The largest absolute Gasteiger partial charge is 0.368 e. The molecular formula is C26H26Cl2N6O2. The second-order valence-electron chi connectivity index (χ2n) is 7.96. The lowest BCUT2D eigenvalue weighted by Crippen LogP contribution is -2.19. The van der Waals surface area contributed by atoms with Gasteiger partial charge >= 0.3 is 0 Å². The lowest BCUT2D eigenvalue weighted by Gasteiger charge is -2.10. The number of carbonyl (C=O) groups is 2. The van der Waals surface area contributed by atoms with Crippen molar-refractivity contribution in [3.63, 3.8) is 0 Å². The molecule has 2 heterocycles. The van der Waals surface area contributed by atoms with E-state index in [1.165, 1.54) is 0 Å². The van der Waals surface area contributed by atoms with Gasteiger partial charge < -0.3 is 21.3 Å². The molecule has 0 radical (unpaired) electrons. The Labute approximate surface area is 221 Å². The number of anilines is 2. The molecule has 0 atom stereocenters.